The van der Waals surface area contributed by atoms with Gasteiger partial charge in [-0.25, -0.2) is 4.98 Å². The van der Waals surface area contributed by atoms with Crippen molar-refractivity contribution in [1.29, 1.82) is 0 Å². The number of anilines is 1. The van der Waals surface area contributed by atoms with Gasteiger partial charge in [0.25, 0.3) is 0 Å². The summed E-state index contributed by atoms with van der Waals surface area (Å²) in [7, 11) is 0. The molecule has 4 nitrogen and oxygen atoms in total. The first-order chi connectivity index (χ1) is 6.61. The van der Waals surface area contributed by atoms with Crippen LogP contribution in [0.4, 0.5) is 5.13 Å². The number of rotatable bonds is 4. The Hall–Kier alpha value is -0.750. The van der Waals surface area contributed by atoms with Gasteiger partial charge < -0.3 is 5.32 Å². The zero-order valence-corrected chi connectivity index (χ0v) is 9.94. The van der Waals surface area contributed by atoms with E-state index in [4.69, 9.17) is 0 Å². The van der Waals surface area contributed by atoms with Crippen molar-refractivity contribution in [2.24, 2.45) is 0 Å². The summed E-state index contributed by atoms with van der Waals surface area (Å²) in [6.45, 7) is 1.90. The fourth-order valence-electron chi connectivity index (χ4n) is 0.802. The Balaban J connectivity index is 2.45. The van der Waals surface area contributed by atoms with Crippen LogP contribution < -0.4 is 5.32 Å². The topological polar surface area (TPSA) is 59.1 Å². The Morgan fingerprint density at radius 3 is 2.86 bits per heavy atom. The minimum Gasteiger partial charge on any atom is -0.302 e. The Kier molecular flexibility index (Phi) is 4.21. The second-order valence-corrected chi connectivity index (χ2v) is 4.47. The SMILES string of the molecule is Cc1cnc(NC(=O)CC(=O)CBr)s1. The molecular formula is C8H9BrN2O2S. The van der Waals surface area contributed by atoms with Crippen molar-refractivity contribution < 1.29 is 9.59 Å². The molecule has 0 saturated carbocycles. The predicted octanol–water partition coefficient (Wildman–Crippen LogP) is 1.74. The largest absolute Gasteiger partial charge is 0.302 e. The molecule has 0 aliphatic heterocycles. The van der Waals surface area contributed by atoms with E-state index in [1.807, 2.05) is 6.92 Å². The number of aromatic nitrogens is 1. The predicted molar refractivity (Wildman–Crippen MR) is 58.9 cm³/mol. The van der Waals surface area contributed by atoms with E-state index >= 15 is 0 Å². The van der Waals surface area contributed by atoms with Crippen molar-refractivity contribution in [2.75, 3.05) is 10.6 Å². The summed E-state index contributed by atoms with van der Waals surface area (Å²) in [5, 5.41) is 3.30. The molecule has 0 radical (unpaired) electrons. The molecule has 0 atom stereocenters. The monoisotopic (exact) mass is 276 g/mol. The number of carbonyl (C=O) groups excluding carboxylic acids is 2. The summed E-state index contributed by atoms with van der Waals surface area (Å²) in [6.07, 6.45) is 1.57. The molecule has 0 fully saturated rings. The molecule has 1 rings (SSSR count). The molecular weight excluding hydrogens is 268 g/mol. The van der Waals surface area contributed by atoms with Crippen LogP contribution in [0.25, 0.3) is 0 Å². The molecule has 0 aliphatic carbocycles. The summed E-state index contributed by atoms with van der Waals surface area (Å²) in [5.41, 5.74) is 0. The summed E-state index contributed by atoms with van der Waals surface area (Å²) >= 11 is 4.37. The van der Waals surface area contributed by atoms with E-state index in [-0.39, 0.29) is 23.4 Å². The van der Waals surface area contributed by atoms with Crippen molar-refractivity contribution >= 4 is 44.1 Å². The number of Topliss-reactive ketones (excluding diaryl/α,β-unsaturated/α-hetero) is 1. The molecule has 0 bridgehead atoms. The molecule has 0 spiro atoms. The third-order valence-corrected chi connectivity index (χ3v) is 2.83. The number of halogens is 1. The second kappa shape index (κ2) is 5.21. The van der Waals surface area contributed by atoms with Gasteiger partial charge in [0.1, 0.15) is 0 Å². The number of aryl methyl sites for hydroxylation is 1. The van der Waals surface area contributed by atoms with Gasteiger partial charge in [0.2, 0.25) is 5.91 Å². The summed E-state index contributed by atoms with van der Waals surface area (Å²) in [4.78, 5) is 27.1. The Bertz CT molecular complexity index is 351. The Morgan fingerprint density at radius 1 is 1.64 bits per heavy atom. The number of hydrogen-bond donors (Lipinski definition) is 1. The minimum absolute atomic E-state index is 0.107. The van der Waals surface area contributed by atoms with Gasteiger partial charge in [0, 0.05) is 11.1 Å². The molecule has 76 valence electrons. The quantitative estimate of drug-likeness (QED) is 0.673. The van der Waals surface area contributed by atoms with Gasteiger partial charge in [0.05, 0.1) is 11.8 Å². The average Bonchev–Trinajstić information content (AvgIpc) is 2.50. The lowest BCUT2D eigenvalue weighted by atomic mass is 10.3. The van der Waals surface area contributed by atoms with Gasteiger partial charge in [-0.05, 0) is 6.92 Å². The average molecular weight is 277 g/mol. The Morgan fingerprint density at radius 2 is 2.36 bits per heavy atom. The van der Waals surface area contributed by atoms with Crippen molar-refractivity contribution in [3.05, 3.63) is 11.1 Å². The number of alkyl halides is 1. The van der Waals surface area contributed by atoms with Crippen LogP contribution in [-0.2, 0) is 9.59 Å². The molecule has 14 heavy (non-hydrogen) atoms. The highest BCUT2D eigenvalue weighted by Gasteiger charge is 2.09. The highest BCUT2D eigenvalue weighted by Crippen LogP contribution is 2.16. The number of nitrogens with one attached hydrogen (secondary N) is 1. The number of ketones is 1. The third kappa shape index (κ3) is 3.55. The van der Waals surface area contributed by atoms with Crippen molar-refractivity contribution in [1.82, 2.24) is 4.98 Å². The molecule has 0 aliphatic rings. The molecule has 1 heterocycles. The van der Waals surface area contributed by atoms with E-state index in [1.165, 1.54) is 11.3 Å². The first-order valence-corrected chi connectivity index (χ1v) is 5.85. The summed E-state index contributed by atoms with van der Waals surface area (Å²) in [5.74, 6) is -0.459. The van der Waals surface area contributed by atoms with E-state index in [1.54, 1.807) is 6.20 Å². The van der Waals surface area contributed by atoms with E-state index in [2.05, 4.69) is 26.2 Å². The molecule has 0 saturated heterocycles. The van der Waals surface area contributed by atoms with Gasteiger partial charge in [-0.15, -0.1) is 11.3 Å². The Labute approximate surface area is 93.9 Å². The maximum absolute atomic E-state index is 11.2. The van der Waals surface area contributed by atoms with Crippen molar-refractivity contribution in [3.8, 4) is 0 Å². The van der Waals surface area contributed by atoms with E-state index in [9.17, 15) is 9.59 Å². The van der Waals surface area contributed by atoms with Crippen LogP contribution in [0.1, 0.15) is 11.3 Å². The van der Waals surface area contributed by atoms with Gasteiger partial charge in [-0.3, -0.25) is 9.59 Å². The first kappa shape index (κ1) is 11.3. The van der Waals surface area contributed by atoms with Gasteiger partial charge in [-0.2, -0.15) is 0 Å². The summed E-state index contributed by atoms with van der Waals surface area (Å²) < 4.78 is 0. The van der Waals surface area contributed by atoms with E-state index < -0.39 is 0 Å². The van der Waals surface area contributed by atoms with Crippen molar-refractivity contribution in [2.45, 2.75) is 13.3 Å². The lowest BCUT2D eigenvalue weighted by Crippen LogP contribution is -2.16. The molecule has 1 amide bonds. The number of hydrogen-bond acceptors (Lipinski definition) is 4. The maximum atomic E-state index is 11.2. The van der Waals surface area contributed by atoms with Crippen LogP contribution in [0.15, 0.2) is 6.20 Å². The first-order valence-electron chi connectivity index (χ1n) is 3.91. The van der Waals surface area contributed by atoms with E-state index in [0.717, 1.165) is 4.88 Å². The zero-order chi connectivity index (χ0) is 10.6. The number of nitrogens with zero attached hydrogens (tertiary/aromatic N) is 1. The fraction of sp³-hybridized carbons (Fsp3) is 0.375. The van der Waals surface area contributed by atoms with Gasteiger partial charge in [-0.1, -0.05) is 15.9 Å². The minimum atomic E-state index is -0.316. The standard InChI is InChI=1S/C8H9BrN2O2S/c1-5-4-10-8(14-5)11-7(13)2-6(12)3-9/h4H,2-3H2,1H3,(H,10,11,13). The van der Waals surface area contributed by atoms with Crippen LogP contribution in [-0.4, -0.2) is 22.0 Å². The second-order valence-electron chi connectivity index (χ2n) is 2.67. The third-order valence-electron chi connectivity index (χ3n) is 1.37. The lowest BCUT2D eigenvalue weighted by molar-refractivity contribution is -0.123. The van der Waals surface area contributed by atoms with Crippen LogP contribution in [0.2, 0.25) is 0 Å². The zero-order valence-electron chi connectivity index (χ0n) is 7.54. The fourth-order valence-corrected chi connectivity index (χ4v) is 1.68. The summed E-state index contributed by atoms with van der Waals surface area (Å²) in [6, 6.07) is 0. The van der Waals surface area contributed by atoms with Crippen LogP contribution in [0.5, 0.6) is 0 Å². The number of carbonyl (C=O) groups is 2. The lowest BCUT2D eigenvalue weighted by Gasteiger charge is -1.98. The molecule has 1 aromatic rings. The van der Waals surface area contributed by atoms with Gasteiger partial charge in [0.15, 0.2) is 10.9 Å². The molecule has 1 aromatic heterocycles. The highest BCUT2D eigenvalue weighted by molar-refractivity contribution is 9.09. The maximum Gasteiger partial charge on any atom is 0.233 e. The molecule has 1 N–H and O–H groups in total. The molecule has 0 unspecified atom stereocenters. The smallest absolute Gasteiger partial charge is 0.233 e. The number of amides is 1. The van der Waals surface area contributed by atoms with Crippen molar-refractivity contribution in [3.63, 3.8) is 0 Å². The van der Waals surface area contributed by atoms with Crippen LogP contribution in [0, 0.1) is 6.92 Å². The molecule has 0 aromatic carbocycles. The number of thiazole rings is 1. The van der Waals surface area contributed by atoms with Gasteiger partial charge >= 0.3 is 0 Å². The molecule has 6 heteroatoms. The highest BCUT2D eigenvalue weighted by atomic mass is 79.9. The van der Waals surface area contributed by atoms with Crippen LogP contribution >= 0.6 is 27.3 Å². The van der Waals surface area contributed by atoms with Crippen LogP contribution in [0.3, 0.4) is 0 Å². The van der Waals surface area contributed by atoms with E-state index in [0.29, 0.717) is 5.13 Å². The normalized spacial score (nSPS) is 9.86.